The molecule has 0 fully saturated rings. The van der Waals surface area contributed by atoms with Gasteiger partial charge in [-0.15, -0.1) is 0 Å². The molecule has 0 aliphatic carbocycles. The third-order valence-corrected chi connectivity index (χ3v) is 6.25. The number of halogens is 2. The predicted molar refractivity (Wildman–Crippen MR) is 151 cm³/mol. The van der Waals surface area contributed by atoms with Crippen molar-refractivity contribution in [2.24, 2.45) is 9.98 Å². The topological polar surface area (TPSA) is 107 Å². The van der Waals surface area contributed by atoms with Crippen molar-refractivity contribution in [3.63, 3.8) is 0 Å². The van der Waals surface area contributed by atoms with Gasteiger partial charge in [0, 0.05) is 56.0 Å². The molecule has 0 saturated heterocycles. The number of alkyl halides is 2. The van der Waals surface area contributed by atoms with Crippen LogP contribution in [0.2, 0.25) is 0 Å². The first-order chi connectivity index (χ1) is 18.2. The Labute approximate surface area is 221 Å². The van der Waals surface area contributed by atoms with Crippen molar-refractivity contribution in [3.8, 4) is 11.8 Å². The van der Waals surface area contributed by atoms with Gasteiger partial charge in [-0.1, -0.05) is 6.07 Å². The third kappa shape index (κ3) is 6.58. The Morgan fingerprint density at radius 1 is 1.24 bits per heavy atom. The molecule has 0 amide bonds. The number of aliphatic imine (C=N–C) groups is 2. The number of rotatable bonds is 13. The maximum atomic E-state index is 13.6. The zero-order valence-corrected chi connectivity index (χ0v) is 22.2. The summed E-state index contributed by atoms with van der Waals surface area (Å²) in [4.78, 5) is 12.7. The summed E-state index contributed by atoms with van der Waals surface area (Å²) in [5.41, 5.74) is 9.70. The number of hydrogen-bond donors (Lipinski definition) is 2. The number of anilines is 3. The molecular formula is C27H34F2N8O. The number of aromatic nitrogens is 1. The van der Waals surface area contributed by atoms with E-state index in [2.05, 4.69) is 31.8 Å². The maximum absolute atomic E-state index is 13.6. The number of nitriles is 1. The minimum atomic E-state index is -2.75. The quantitative estimate of drug-likeness (QED) is 0.246. The normalized spacial score (nSPS) is 12.3. The predicted octanol–water partition coefficient (Wildman–Crippen LogP) is 4.77. The minimum absolute atomic E-state index is 0.250. The number of nitrogens with one attached hydrogen (secondary N) is 1. The summed E-state index contributed by atoms with van der Waals surface area (Å²) in [5.74, 6) is 0.642. The molecule has 1 heterocycles. The van der Waals surface area contributed by atoms with Crippen LogP contribution in [-0.2, 0) is 0 Å². The molecule has 0 radical (unpaired) electrons. The largest absolute Gasteiger partial charge is 0.495 e. The average molecular weight is 525 g/mol. The Balaban J connectivity index is 1.70. The summed E-state index contributed by atoms with van der Waals surface area (Å²) in [7, 11) is 7.62. The highest BCUT2D eigenvalue weighted by molar-refractivity contribution is 5.86. The SMILES string of the molecule is C=NC(C/C=N\CNc1cc(N)c(N(C)CCN(C)C)cc1OC)c1cn(C(F)F)c2cc(C#N)ccc12. The van der Waals surface area contributed by atoms with Crippen LogP contribution in [0.1, 0.15) is 30.1 Å². The van der Waals surface area contributed by atoms with Gasteiger partial charge in [0.1, 0.15) is 12.4 Å². The Hall–Kier alpha value is -4.17. The molecule has 0 bridgehead atoms. The van der Waals surface area contributed by atoms with Crippen molar-refractivity contribution in [3.05, 3.63) is 47.7 Å². The molecular weight excluding hydrogens is 490 g/mol. The molecule has 0 aliphatic rings. The van der Waals surface area contributed by atoms with Crippen LogP contribution < -0.4 is 20.7 Å². The Morgan fingerprint density at radius 2 is 2.00 bits per heavy atom. The summed E-state index contributed by atoms with van der Waals surface area (Å²) in [6.45, 7) is 2.84. The highest BCUT2D eigenvalue weighted by atomic mass is 19.3. The van der Waals surface area contributed by atoms with E-state index < -0.39 is 12.6 Å². The lowest BCUT2D eigenvalue weighted by Crippen LogP contribution is -2.29. The van der Waals surface area contributed by atoms with E-state index >= 15 is 0 Å². The minimum Gasteiger partial charge on any atom is -0.495 e. The second-order valence-corrected chi connectivity index (χ2v) is 9.08. The van der Waals surface area contributed by atoms with Gasteiger partial charge in [0.2, 0.25) is 0 Å². The smallest absolute Gasteiger partial charge is 0.319 e. The first-order valence-corrected chi connectivity index (χ1v) is 12.0. The van der Waals surface area contributed by atoms with E-state index in [4.69, 9.17) is 15.7 Å². The van der Waals surface area contributed by atoms with Gasteiger partial charge in [-0.25, -0.2) is 0 Å². The number of fused-ring (bicyclic) bond motifs is 1. The van der Waals surface area contributed by atoms with Gasteiger partial charge in [0.05, 0.1) is 47.4 Å². The van der Waals surface area contributed by atoms with Gasteiger partial charge in [-0.3, -0.25) is 14.6 Å². The van der Waals surface area contributed by atoms with E-state index in [1.54, 1.807) is 25.5 Å². The number of likely N-dealkylation sites (N-methyl/N-ethyl adjacent to an activating group) is 2. The van der Waals surface area contributed by atoms with Gasteiger partial charge >= 0.3 is 6.55 Å². The average Bonchev–Trinajstić information content (AvgIpc) is 3.28. The van der Waals surface area contributed by atoms with Gasteiger partial charge in [0.25, 0.3) is 0 Å². The fourth-order valence-electron chi connectivity index (χ4n) is 4.14. The molecule has 2 aromatic carbocycles. The van der Waals surface area contributed by atoms with Crippen LogP contribution in [0, 0.1) is 11.3 Å². The van der Waals surface area contributed by atoms with Crippen LogP contribution in [0.5, 0.6) is 5.75 Å². The van der Waals surface area contributed by atoms with Crippen LogP contribution in [0.4, 0.5) is 25.8 Å². The fraction of sp³-hybridized carbons (Fsp3) is 0.370. The molecule has 1 unspecified atom stereocenters. The van der Waals surface area contributed by atoms with Crippen LogP contribution >= 0.6 is 0 Å². The van der Waals surface area contributed by atoms with Crippen molar-refractivity contribution in [2.75, 3.05) is 64.0 Å². The van der Waals surface area contributed by atoms with Gasteiger partial charge in [-0.05, 0) is 39.0 Å². The third-order valence-electron chi connectivity index (χ3n) is 6.25. The molecule has 38 heavy (non-hydrogen) atoms. The lowest BCUT2D eigenvalue weighted by atomic mass is 10.0. The molecule has 11 heteroatoms. The van der Waals surface area contributed by atoms with Gasteiger partial charge in [-0.2, -0.15) is 14.0 Å². The number of nitrogens with zero attached hydrogens (tertiary/aromatic N) is 6. The van der Waals surface area contributed by atoms with E-state index in [1.165, 1.54) is 12.3 Å². The fourth-order valence-corrected chi connectivity index (χ4v) is 4.14. The van der Waals surface area contributed by atoms with E-state index in [1.807, 2.05) is 39.3 Å². The Kier molecular flexibility index (Phi) is 9.62. The number of benzene rings is 2. The van der Waals surface area contributed by atoms with Crippen molar-refractivity contribution in [2.45, 2.75) is 19.0 Å². The lowest BCUT2D eigenvalue weighted by molar-refractivity contribution is 0.0750. The number of nitrogens with two attached hydrogens (primary N) is 1. The van der Waals surface area contributed by atoms with Crippen LogP contribution in [-0.4, -0.2) is 70.4 Å². The van der Waals surface area contributed by atoms with Crippen LogP contribution in [0.15, 0.2) is 46.5 Å². The molecule has 3 aromatic rings. The number of hydrogen-bond acceptors (Lipinski definition) is 8. The molecule has 1 aromatic heterocycles. The van der Waals surface area contributed by atoms with E-state index in [-0.39, 0.29) is 12.2 Å². The van der Waals surface area contributed by atoms with Crippen LogP contribution in [0.25, 0.3) is 10.9 Å². The van der Waals surface area contributed by atoms with E-state index in [0.717, 1.165) is 23.3 Å². The molecule has 202 valence electrons. The van der Waals surface area contributed by atoms with Gasteiger partial charge in [0.15, 0.2) is 0 Å². The number of methoxy groups -OCH3 is 1. The molecule has 1 atom stereocenters. The van der Waals surface area contributed by atoms with E-state index in [9.17, 15) is 8.78 Å². The summed E-state index contributed by atoms with van der Waals surface area (Å²) < 4.78 is 33.7. The Morgan fingerprint density at radius 3 is 2.63 bits per heavy atom. The zero-order chi connectivity index (χ0) is 27.8. The van der Waals surface area contributed by atoms with Crippen LogP contribution in [0.3, 0.4) is 0 Å². The molecule has 0 saturated carbocycles. The first-order valence-electron chi connectivity index (χ1n) is 12.0. The molecule has 3 rings (SSSR count). The molecule has 0 aliphatic heterocycles. The van der Waals surface area contributed by atoms with Crippen molar-refractivity contribution in [1.29, 1.82) is 5.26 Å². The Bertz CT molecular complexity index is 1330. The maximum Gasteiger partial charge on any atom is 0.319 e. The summed E-state index contributed by atoms with van der Waals surface area (Å²) >= 11 is 0. The highest BCUT2D eigenvalue weighted by Gasteiger charge is 2.20. The molecule has 9 nitrogen and oxygen atoms in total. The number of nitrogen functional groups attached to an aromatic ring is 1. The lowest BCUT2D eigenvalue weighted by Gasteiger charge is -2.24. The standard InChI is InChI=1S/C27H34F2N8O/c1-32-22(20-16-37(27(28)29)24-12-18(15-30)6-7-19(20)24)8-9-33-17-34-23-13-21(31)25(14-26(23)38-5)36(4)11-10-35(2)3/h6-7,9,12-14,16,22,27,34H,1,8,10-11,17,31H2,2-5H3/b33-9-. The summed E-state index contributed by atoms with van der Waals surface area (Å²) in [6, 6.07) is 9.94. The van der Waals surface area contributed by atoms with Gasteiger partial charge < -0.3 is 25.6 Å². The zero-order valence-electron chi connectivity index (χ0n) is 22.2. The summed E-state index contributed by atoms with van der Waals surface area (Å²) in [6.07, 6.45) is 3.41. The van der Waals surface area contributed by atoms with Crippen molar-refractivity contribution >= 4 is 40.9 Å². The second-order valence-electron chi connectivity index (χ2n) is 9.08. The van der Waals surface area contributed by atoms with E-state index in [0.29, 0.717) is 40.1 Å². The highest BCUT2D eigenvalue weighted by Crippen LogP contribution is 2.35. The second kappa shape index (κ2) is 12.9. The van der Waals surface area contributed by atoms with Crippen molar-refractivity contribution < 1.29 is 13.5 Å². The summed E-state index contributed by atoms with van der Waals surface area (Å²) in [5, 5.41) is 13.0. The molecule has 0 spiro atoms. The molecule has 3 N–H and O–H groups in total. The van der Waals surface area contributed by atoms with Crippen molar-refractivity contribution in [1.82, 2.24) is 9.47 Å². The monoisotopic (exact) mass is 524 g/mol. The first kappa shape index (κ1) is 28.4. The number of ether oxygens (including phenoxy) is 1.